The highest BCUT2D eigenvalue weighted by atomic mass is 16.5. The topological polar surface area (TPSA) is 41.6 Å². The standard InChI is InChI=1S/C23H30N2O2/c1-4-22(27-21-15-17(2)14-18(3)16-21)23(26)24-19-8-10-20(11-9-19)25-12-6-5-7-13-25/h8-11,14-16,22H,4-7,12-13H2,1-3H3,(H,24,26)/t22-/m1/s1. The van der Waals surface area contributed by atoms with Crippen LogP contribution in [0, 0.1) is 13.8 Å². The maximum atomic E-state index is 12.7. The summed E-state index contributed by atoms with van der Waals surface area (Å²) in [5.41, 5.74) is 4.30. The predicted molar refractivity (Wildman–Crippen MR) is 112 cm³/mol. The lowest BCUT2D eigenvalue weighted by Gasteiger charge is -2.29. The van der Waals surface area contributed by atoms with Gasteiger partial charge in [0.15, 0.2) is 6.10 Å². The molecule has 1 atom stereocenters. The molecule has 1 aliphatic rings. The van der Waals surface area contributed by atoms with Crippen molar-refractivity contribution in [2.45, 2.75) is 52.6 Å². The van der Waals surface area contributed by atoms with E-state index in [0.29, 0.717) is 6.42 Å². The molecule has 1 heterocycles. The largest absolute Gasteiger partial charge is 0.481 e. The molecule has 0 radical (unpaired) electrons. The molecule has 1 N–H and O–H groups in total. The number of carbonyl (C=O) groups excluding carboxylic acids is 1. The molecule has 144 valence electrons. The fraction of sp³-hybridized carbons (Fsp3) is 0.435. The summed E-state index contributed by atoms with van der Waals surface area (Å²) < 4.78 is 5.96. The van der Waals surface area contributed by atoms with Gasteiger partial charge in [0.2, 0.25) is 0 Å². The van der Waals surface area contributed by atoms with Crippen molar-refractivity contribution >= 4 is 17.3 Å². The van der Waals surface area contributed by atoms with E-state index in [2.05, 4.69) is 28.4 Å². The van der Waals surface area contributed by atoms with Crippen molar-refractivity contribution in [3.8, 4) is 5.75 Å². The Morgan fingerprint density at radius 1 is 1.04 bits per heavy atom. The van der Waals surface area contributed by atoms with Crippen molar-refractivity contribution in [2.24, 2.45) is 0 Å². The average molecular weight is 367 g/mol. The molecule has 1 amide bonds. The number of carbonyl (C=O) groups is 1. The third kappa shape index (κ3) is 5.25. The van der Waals surface area contributed by atoms with Crippen LogP contribution in [0.4, 0.5) is 11.4 Å². The molecule has 3 rings (SSSR count). The average Bonchev–Trinajstić information content (AvgIpc) is 2.66. The second-order valence-corrected chi connectivity index (χ2v) is 7.42. The number of piperidine rings is 1. The first-order chi connectivity index (χ1) is 13.0. The van der Waals surface area contributed by atoms with E-state index < -0.39 is 6.10 Å². The molecule has 27 heavy (non-hydrogen) atoms. The first kappa shape index (κ1) is 19.3. The van der Waals surface area contributed by atoms with Gasteiger partial charge in [0.25, 0.3) is 5.91 Å². The van der Waals surface area contributed by atoms with Crippen LogP contribution in [0.5, 0.6) is 5.75 Å². The monoisotopic (exact) mass is 366 g/mol. The SMILES string of the molecule is CC[C@@H](Oc1cc(C)cc(C)c1)C(=O)Nc1ccc(N2CCCCC2)cc1. The van der Waals surface area contributed by atoms with Gasteiger partial charge in [-0.1, -0.05) is 13.0 Å². The van der Waals surface area contributed by atoms with E-state index in [1.54, 1.807) is 0 Å². The second kappa shape index (κ2) is 8.94. The molecule has 2 aromatic carbocycles. The quantitative estimate of drug-likeness (QED) is 0.774. The van der Waals surface area contributed by atoms with Crippen LogP contribution < -0.4 is 15.0 Å². The van der Waals surface area contributed by atoms with Gasteiger partial charge in [0, 0.05) is 24.5 Å². The number of hydrogen-bond donors (Lipinski definition) is 1. The minimum absolute atomic E-state index is 0.109. The molecule has 0 aliphatic carbocycles. The Balaban J connectivity index is 1.62. The van der Waals surface area contributed by atoms with Crippen molar-refractivity contribution < 1.29 is 9.53 Å². The number of rotatable bonds is 6. The summed E-state index contributed by atoms with van der Waals surface area (Å²) in [4.78, 5) is 15.1. The second-order valence-electron chi connectivity index (χ2n) is 7.42. The van der Waals surface area contributed by atoms with Crippen molar-refractivity contribution in [2.75, 3.05) is 23.3 Å². The Labute approximate surface area is 162 Å². The minimum Gasteiger partial charge on any atom is -0.481 e. The van der Waals surface area contributed by atoms with Crippen LogP contribution in [0.1, 0.15) is 43.7 Å². The molecule has 2 aromatic rings. The van der Waals surface area contributed by atoms with Crippen LogP contribution >= 0.6 is 0 Å². The van der Waals surface area contributed by atoms with Gasteiger partial charge in [-0.3, -0.25) is 4.79 Å². The summed E-state index contributed by atoms with van der Waals surface area (Å²) in [7, 11) is 0. The van der Waals surface area contributed by atoms with Gasteiger partial charge in [0.1, 0.15) is 5.75 Å². The van der Waals surface area contributed by atoms with Crippen molar-refractivity contribution in [1.29, 1.82) is 0 Å². The lowest BCUT2D eigenvalue weighted by atomic mass is 10.1. The number of aryl methyl sites for hydroxylation is 2. The van der Waals surface area contributed by atoms with Gasteiger partial charge in [-0.2, -0.15) is 0 Å². The molecular weight excluding hydrogens is 336 g/mol. The molecule has 0 bridgehead atoms. The normalized spacial score (nSPS) is 15.3. The summed E-state index contributed by atoms with van der Waals surface area (Å²) >= 11 is 0. The van der Waals surface area contributed by atoms with Gasteiger partial charge >= 0.3 is 0 Å². The van der Waals surface area contributed by atoms with Crippen LogP contribution in [0.3, 0.4) is 0 Å². The molecule has 1 fully saturated rings. The highest BCUT2D eigenvalue weighted by Crippen LogP contribution is 2.23. The summed E-state index contributed by atoms with van der Waals surface area (Å²) in [6, 6.07) is 14.2. The lowest BCUT2D eigenvalue weighted by Crippen LogP contribution is -2.32. The number of ether oxygens (including phenoxy) is 1. The number of anilines is 2. The van der Waals surface area contributed by atoms with E-state index in [4.69, 9.17) is 4.74 Å². The third-order valence-corrected chi connectivity index (χ3v) is 4.99. The van der Waals surface area contributed by atoms with E-state index in [1.165, 1.54) is 24.9 Å². The molecule has 1 aliphatic heterocycles. The van der Waals surface area contributed by atoms with Gasteiger partial charge in [0.05, 0.1) is 0 Å². The van der Waals surface area contributed by atoms with Gasteiger partial charge in [-0.15, -0.1) is 0 Å². The zero-order valence-corrected chi connectivity index (χ0v) is 16.6. The van der Waals surface area contributed by atoms with Crippen LogP contribution in [-0.4, -0.2) is 25.1 Å². The Bertz CT molecular complexity index is 744. The Kier molecular flexibility index (Phi) is 6.38. The Morgan fingerprint density at radius 3 is 2.26 bits per heavy atom. The minimum atomic E-state index is -0.507. The Morgan fingerprint density at radius 2 is 1.67 bits per heavy atom. The van der Waals surface area contributed by atoms with Gasteiger partial charge in [-0.05, 0) is 87.1 Å². The number of nitrogens with one attached hydrogen (secondary N) is 1. The van der Waals surface area contributed by atoms with E-state index >= 15 is 0 Å². The first-order valence-corrected chi connectivity index (χ1v) is 9.96. The summed E-state index contributed by atoms with van der Waals surface area (Å²) in [5, 5.41) is 2.99. The van der Waals surface area contributed by atoms with Gasteiger partial charge in [-0.25, -0.2) is 0 Å². The highest BCUT2D eigenvalue weighted by Gasteiger charge is 2.19. The number of amides is 1. The zero-order valence-electron chi connectivity index (χ0n) is 16.6. The van der Waals surface area contributed by atoms with Crippen molar-refractivity contribution in [3.05, 3.63) is 53.6 Å². The van der Waals surface area contributed by atoms with E-state index in [0.717, 1.165) is 35.7 Å². The number of hydrogen-bond acceptors (Lipinski definition) is 3. The van der Waals surface area contributed by atoms with E-state index in [1.807, 2.05) is 45.0 Å². The van der Waals surface area contributed by atoms with Crippen LogP contribution in [-0.2, 0) is 4.79 Å². The molecule has 0 aromatic heterocycles. The lowest BCUT2D eigenvalue weighted by molar-refractivity contribution is -0.122. The molecule has 4 nitrogen and oxygen atoms in total. The smallest absolute Gasteiger partial charge is 0.265 e. The molecule has 0 unspecified atom stereocenters. The summed E-state index contributed by atoms with van der Waals surface area (Å²) in [6.45, 7) is 8.27. The van der Waals surface area contributed by atoms with Crippen molar-refractivity contribution in [3.63, 3.8) is 0 Å². The maximum absolute atomic E-state index is 12.7. The molecule has 1 saturated heterocycles. The summed E-state index contributed by atoms with van der Waals surface area (Å²) in [6.07, 6.45) is 3.94. The third-order valence-electron chi connectivity index (χ3n) is 4.99. The molecular formula is C23H30N2O2. The van der Waals surface area contributed by atoms with E-state index in [9.17, 15) is 4.79 Å². The highest BCUT2D eigenvalue weighted by molar-refractivity contribution is 5.94. The van der Waals surface area contributed by atoms with Crippen LogP contribution in [0.2, 0.25) is 0 Å². The van der Waals surface area contributed by atoms with Gasteiger partial charge < -0.3 is 15.0 Å². The fourth-order valence-electron chi connectivity index (χ4n) is 3.62. The Hall–Kier alpha value is -2.49. The number of nitrogens with zero attached hydrogens (tertiary/aromatic N) is 1. The van der Waals surface area contributed by atoms with Crippen LogP contribution in [0.25, 0.3) is 0 Å². The summed E-state index contributed by atoms with van der Waals surface area (Å²) in [5.74, 6) is 0.636. The maximum Gasteiger partial charge on any atom is 0.265 e. The molecule has 0 spiro atoms. The van der Waals surface area contributed by atoms with E-state index in [-0.39, 0.29) is 5.91 Å². The fourth-order valence-corrected chi connectivity index (χ4v) is 3.62. The van der Waals surface area contributed by atoms with Crippen LogP contribution in [0.15, 0.2) is 42.5 Å². The molecule has 0 saturated carbocycles. The zero-order chi connectivity index (χ0) is 19.2. The molecule has 4 heteroatoms. The number of benzene rings is 2. The first-order valence-electron chi connectivity index (χ1n) is 9.96. The van der Waals surface area contributed by atoms with Crippen molar-refractivity contribution in [1.82, 2.24) is 0 Å². The predicted octanol–water partition coefficient (Wildman–Crippen LogP) is 5.09.